The van der Waals surface area contributed by atoms with Crippen molar-refractivity contribution < 1.29 is 14.3 Å². The van der Waals surface area contributed by atoms with Crippen molar-refractivity contribution in [3.8, 4) is 23.8 Å². The second-order valence-corrected chi connectivity index (χ2v) is 5.53. The third kappa shape index (κ3) is 3.26. The Bertz CT molecular complexity index is 740. The molecule has 1 amide bonds. The molecule has 1 heterocycles. The van der Waals surface area contributed by atoms with Gasteiger partial charge in [-0.1, -0.05) is 17.5 Å². The number of amides is 1. The normalized spacial score (nSPS) is 16.0. The summed E-state index contributed by atoms with van der Waals surface area (Å²) in [5.41, 5.74) is 1.14. The molecule has 0 aliphatic carbocycles. The lowest BCUT2D eigenvalue weighted by Crippen LogP contribution is -2.26. The molecule has 0 saturated carbocycles. The fourth-order valence-corrected chi connectivity index (χ4v) is 2.58. The Morgan fingerprint density at radius 2 is 2.09 bits per heavy atom. The first-order valence-corrected chi connectivity index (χ1v) is 7.40. The molecule has 5 nitrogen and oxygen atoms in total. The summed E-state index contributed by atoms with van der Waals surface area (Å²) >= 11 is 11.4. The van der Waals surface area contributed by atoms with Crippen LogP contribution in [0.4, 0.5) is 0 Å². The average Bonchev–Trinajstić information content (AvgIpc) is 2.71. The molecule has 0 radical (unpaired) electrons. The number of hydrogen-bond acceptors (Lipinski definition) is 4. The van der Waals surface area contributed by atoms with Crippen LogP contribution in [-0.4, -0.2) is 48.6 Å². The van der Waals surface area contributed by atoms with E-state index in [4.69, 9.17) is 39.7 Å². The summed E-state index contributed by atoms with van der Waals surface area (Å²) < 4.78 is 10.7. The number of benzene rings is 1. The summed E-state index contributed by atoms with van der Waals surface area (Å²) in [6.45, 7) is 0.0802. The Morgan fingerprint density at radius 1 is 1.39 bits per heavy atom. The van der Waals surface area contributed by atoms with E-state index in [-0.39, 0.29) is 12.5 Å². The van der Waals surface area contributed by atoms with E-state index >= 15 is 0 Å². The molecule has 0 N–H and O–H groups in total. The number of likely N-dealkylation sites (N-methyl/N-ethyl adjacent to an activating group) is 2. The molecule has 7 heteroatoms. The molecular formula is C16H15ClN2O3S. The number of carbonyl (C=O) groups is 1. The van der Waals surface area contributed by atoms with Crippen LogP contribution in [0, 0.1) is 12.3 Å². The average molecular weight is 351 g/mol. The lowest BCUT2D eigenvalue weighted by atomic mass is 10.1. The maximum Gasteiger partial charge on any atom is 0.276 e. The van der Waals surface area contributed by atoms with E-state index in [1.807, 2.05) is 0 Å². The first-order valence-electron chi connectivity index (χ1n) is 6.62. The van der Waals surface area contributed by atoms with Crippen molar-refractivity contribution in [1.29, 1.82) is 0 Å². The van der Waals surface area contributed by atoms with E-state index in [1.165, 1.54) is 12.0 Å². The van der Waals surface area contributed by atoms with Crippen LogP contribution in [0.25, 0.3) is 6.08 Å². The number of carbonyl (C=O) groups excluding carboxylic acids is 1. The Hall–Kier alpha value is -2.23. The van der Waals surface area contributed by atoms with E-state index in [1.54, 1.807) is 37.2 Å². The minimum absolute atomic E-state index is 0.0802. The molecule has 1 aromatic rings. The molecule has 1 aromatic carbocycles. The summed E-state index contributed by atoms with van der Waals surface area (Å²) in [4.78, 5) is 15.2. The van der Waals surface area contributed by atoms with Gasteiger partial charge >= 0.3 is 0 Å². The Morgan fingerprint density at radius 3 is 2.61 bits per heavy atom. The zero-order valence-electron chi connectivity index (χ0n) is 12.9. The number of methoxy groups -OCH3 is 1. The van der Waals surface area contributed by atoms with Gasteiger partial charge in [-0.3, -0.25) is 9.69 Å². The molecular weight excluding hydrogens is 336 g/mol. The van der Waals surface area contributed by atoms with Crippen molar-refractivity contribution >= 4 is 40.9 Å². The first-order chi connectivity index (χ1) is 10.9. The van der Waals surface area contributed by atoms with Crippen LogP contribution in [0.15, 0.2) is 17.8 Å². The lowest BCUT2D eigenvalue weighted by molar-refractivity contribution is -0.121. The summed E-state index contributed by atoms with van der Waals surface area (Å²) in [5.74, 6) is 2.99. The number of terminal acetylenes is 1. The number of rotatable bonds is 4. The second kappa shape index (κ2) is 6.90. The van der Waals surface area contributed by atoms with Crippen LogP contribution in [0.1, 0.15) is 5.56 Å². The number of hydrogen-bond donors (Lipinski definition) is 0. The van der Waals surface area contributed by atoms with Crippen LogP contribution in [0.2, 0.25) is 5.02 Å². The molecule has 2 rings (SSSR count). The van der Waals surface area contributed by atoms with Gasteiger partial charge < -0.3 is 14.4 Å². The van der Waals surface area contributed by atoms with E-state index in [0.717, 1.165) is 0 Å². The van der Waals surface area contributed by atoms with Crippen molar-refractivity contribution in [1.82, 2.24) is 9.80 Å². The molecule has 0 atom stereocenters. The molecule has 120 valence electrons. The number of ether oxygens (including phenoxy) is 2. The van der Waals surface area contributed by atoms with Gasteiger partial charge in [-0.05, 0) is 36.0 Å². The smallest absolute Gasteiger partial charge is 0.276 e. The van der Waals surface area contributed by atoms with Gasteiger partial charge in [0.05, 0.1) is 12.1 Å². The minimum atomic E-state index is -0.180. The fourth-order valence-electron chi connectivity index (χ4n) is 2.12. The van der Waals surface area contributed by atoms with Crippen LogP contribution >= 0.6 is 23.8 Å². The van der Waals surface area contributed by atoms with Gasteiger partial charge in [0.1, 0.15) is 12.3 Å². The van der Waals surface area contributed by atoms with E-state index in [2.05, 4.69) is 5.92 Å². The molecule has 0 spiro atoms. The lowest BCUT2D eigenvalue weighted by Gasteiger charge is -2.13. The number of nitrogens with zero attached hydrogens (tertiary/aromatic N) is 2. The largest absolute Gasteiger partial charge is 0.493 e. The van der Waals surface area contributed by atoms with Crippen LogP contribution in [0.3, 0.4) is 0 Å². The zero-order chi connectivity index (χ0) is 17.1. The van der Waals surface area contributed by atoms with Crippen molar-refractivity contribution in [3.63, 3.8) is 0 Å². The molecule has 1 aliphatic rings. The number of thiocarbonyl (C=S) groups is 1. The van der Waals surface area contributed by atoms with Gasteiger partial charge in [0.25, 0.3) is 5.91 Å². The molecule has 1 fully saturated rings. The fraction of sp³-hybridized carbons (Fsp3) is 0.250. The van der Waals surface area contributed by atoms with Crippen molar-refractivity contribution in [2.24, 2.45) is 0 Å². The maximum atomic E-state index is 12.2. The molecule has 0 bridgehead atoms. The van der Waals surface area contributed by atoms with E-state index < -0.39 is 0 Å². The Balaban J connectivity index is 2.44. The second-order valence-electron chi connectivity index (χ2n) is 4.76. The highest BCUT2D eigenvalue weighted by atomic mass is 35.5. The van der Waals surface area contributed by atoms with Gasteiger partial charge in [-0.2, -0.15) is 0 Å². The first kappa shape index (κ1) is 17.1. The van der Waals surface area contributed by atoms with Gasteiger partial charge in [-0.25, -0.2) is 0 Å². The van der Waals surface area contributed by atoms with Crippen molar-refractivity contribution in [2.75, 3.05) is 27.8 Å². The molecule has 1 aliphatic heterocycles. The SMILES string of the molecule is C#CCOc1c(Cl)cc(C=C2C(=O)N(C)C(=S)N2C)cc1OC. The summed E-state index contributed by atoms with van der Waals surface area (Å²) in [6.07, 6.45) is 6.88. The van der Waals surface area contributed by atoms with Gasteiger partial charge in [0.15, 0.2) is 16.6 Å². The third-order valence-electron chi connectivity index (χ3n) is 3.31. The van der Waals surface area contributed by atoms with Gasteiger partial charge in [0, 0.05) is 14.1 Å². The van der Waals surface area contributed by atoms with Crippen LogP contribution < -0.4 is 9.47 Å². The van der Waals surface area contributed by atoms with Crippen LogP contribution in [-0.2, 0) is 4.79 Å². The zero-order valence-corrected chi connectivity index (χ0v) is 14.5. The molecule has 23 heavy (non-hydrogen) atoms. The highest BCUT2D eigenvalue weighted by Crippen LogP contribution is 2.37. The standard InChI is InChI=1S/C16H15ClN2O3S/c1-5-6-22-14-11(17)7-10(9-13(14)21-4)8-12-15(20)19(3)16(23)18(12)2/h1,7-9H,6H2,2-4H3. The molecule has 0 aromatic heterocycles. The van der Waals surface area contributed by atoms with Crippen molar-refractivity contribution in [2.45, 2.75) is 0 Å². The summed E-state index contributed by atoms with van der Waals surface area (Å²) in [5, 5.41) is 0.781. The predicted molar refractivity (Wildman–Crippen MR) is 93.4 cm³/mol. The highest BCUT2D eigenvalue weighted by Gasteiger charge is 2.32. The van der Waals surface area contributed by atoms with Crippen LogP contribution in [0.5, 0.6) is 11.5 Å². The highest BCUT2D eigenvalue weighted by molar-refractivity contribution is 7.80. The maximum absolute atomic E-state index is 12.2. The quantitative estimate of drug-likeness (QED) is 0.474. The summed E-state index contributed by atoms with van der Waals surface area (Å²) in [6, 6.07) is 3.39. The minimum Gasteiger partial charge on any atom is -0.493 e. The van der Waals surface area contributed by atoms with Crippen molar-refractivity contribution in [3.05, 3.63) is 28.4 Å². The predicted octanol–water partition coefficient (Wildman–Crippen LogP) is 2.39. The Labute approximate surface area is 145 Å². The number of halogens is 1. The van der Waals surface area contributed by atoms with Gasteiger partial charge in [-0.15, -0.1) is 6.42 Å². The van der Waals surface area contributed by atoms with E-state index in [0.29, 0.717) is 32.9 Å². The molecule has 0 unspecified atom stereocenters. The van der Waals surface area contributed by atoms with E-state index in [9.17, 15) is 4.79 Å². The third-order valence-corrected chi connectivity index (χ3v) is 4.14. The molecule has 1 saturated heterocycles. The summed E-state index contributed by atoms with van der Waals surface area (Å²) in [7, 11) is 4.87. The Kier molecular flexibility index (Phi) is 5.14. The monoisotopic (exact) mass is 350 g/mol. The topological polar surface area (TPSA) is 42.0 Å². The van der Waals surface area contributed by atoms with Gasteiger partial charge in [0.2, 0.25) is 0 Å².